The molecule has 0 unspecified atom stereocenters. The summed E-state index contributed by atoms with van der Waals surface area (Å²) in [6, 6.07) is 13.1. The number of ether oxygens (including phenoxy) is 2. The Kier molecular flexibility index (Phi) is 6.19. The summed E-state index contributed by atoms with van der Waals surface area (Å²) in [7, 11) is 3.08. The first kappa shape index (κ1) is 17.1. The highest BCUT2D eigenvalue weighted by atomic mass is 35.5. The lowest BCUT2D eigenvalue weighted by Gasteiger charge is -2.10. The first-order valence-corrected chi connectivity index (χ1v) is 7.50. The number of methoxy groups -OCH3 is 2. The average Bonchev–Trinajstić information content (AvgIpc) is 2.57. The van der Waals surface area contributed by atoms with Gasteiger partial charge in [-0.2, -0.15) is 5.10 Å². The third-order valence-electron chi connectivity index (χ3n) is 2.92. The van der Waals surface area contributed by atoms with Crippen LogP contribution >= 0.6 is 23.8 Å². The Morgan fingerprint density at radius 3 is 2.52 bits per heavy atom. The van der Waals surface area contributed by atoms with Gasteiger partial charge >= 0.3 is 0 Å². The van der Waals surface area contributed by atoms with Gasteiger partial charge in [-0.1, -0.05) is 29.8 Å². The molecular formula is C16H16ClN3O2S. The van der Waals surface area contributed by atoms with Gasteiger partial charge in [0.2, 0.25) is 0 Å². The summed E-state index contributed by atoms with van der Waals surface area (Å²) in [6.45, 7) is 0. The zero-order chi connectivity index (χ0) is 16.7. The van der Waals surface area contributed by atoms with E-state index in [0.29, 0.717) is 27.2 Å². The highest BCUT2D eigenvalue weighted by Crippen LogP contribution is 2.36. The first-order chi connectivity index (χ1) is 11.2. The minimum Gasteiger partial charge on any atom is -0.493 e. The van der Waals surface area contributed by atoms with Crippen LogP contribution in [-0.2, 0) is 0 Å². The zero-order valence-electron chi connectivity index (χ0n) is 12.7. The van der Waals surface area contributed by atoms with Crippen molar-refractivity contribution in [2.75, 3.05) is 19.5 Å². The normalized spacial score (nSPS) is 10.4. The molecule has 0 aliphatic carbocycles. The minimum atomic E-state index is 0.379. The van der Waals surface area contributed by atoms with Crippen molar-refractivity contribution in [3.05, 3.63) is 53.1 Å². The monoisotopic (exact) mass is 349 g/mol. The van der Waals surface area contributed by atoms with Crippen LogP contribution in [0.25, 0.3) is 0 Å². The molecule has 0 saturated heterocycles. The van der Waals surface area contributed by atoms with E-state index in [1.165, 1.54) is 7.11 Å². The summed E-state index contributed by atoms with van der Waals surface area (Å²) in [6.07, 6.45) is 1.56. The van der Waals surface area contributed by atoms with Crippen molar-refractivity contribution >= 4 is 40.8 Å². The molecule has 0 fully saturated rings. The topological polar surface area (TPSA) is 54.9 Å². The van der Waals surface area contributed by atoms with Crippen LogP contribution in [0.4, 0.5) is 5.69 Å². The van der Waals surface area contributed by atoms with E-state index in [2.05, 4.69) is 15.8 Å². The summed E-state index contributed by atoms with van der Waals surface area (Å²) in [5, 5.41) is 7.88. The van der Waals surface area contributed by atoms with Crippen LogP contribution in [-0.4, -0.2) is 25.5 Å². The molecule has 0 aromatic heterocycles. The van der Waals surface area contributed by atoms with Crippen molar-refractivity contribution in [2.24, 2.45) is 5.10 Å². The number of hydrogen-bond donors (Lipinski definition) is 2. The number of para-hydroxylation sites is 1. The van der Waals surface area contributed by atoms with E-state index in [0.717, 1.165) is 5.69 Å². The fourth-order valence-electron chi connectivity index (χ4n) is 1.85. The van der Waals surface area contributed by atoms with E-state index >= 15 is 0 Å². The van der Waals surface area contributed by atoms with Crippen molar-refractivity contribution in [1.29, 1.82) is 0 Å². The molecule has 5 nitrogen and oxygen atoms in total. The smallest absolute Gasteiger partial charge is 0.191 e. The molecule has 23 heavy (non-hydrogen) atoms. The number of hydrazone groups is 1. The van der Waals surface area contributed by atoms with Crippen LogP contribution in [0, 0.1) is 0 Å². The molecule has 0 spiro atoms. The summed E-state index contributed by atoms with van der Waals surface area (Å²) >= 11 is 11.4. The van der Waals surface area contributed by atoms with Gasteiger partial charge in [0.15, 0.2) is 16.6 Å². The van der Waals surface area contributed by atoms with Gasteiger partial charge in [-0.25, -0.2) is 0 Å². The number of nitrogens with zero attached hydrogens (tertiary/aromatic N) is 1. The second-order valence-electron chi connectivity index (χ2n) is 4.39. The Bertz CT molecular complexity index is 708. The molecule has 0 radical (unpaired) electrons. The third-order valence-corrected chi connectivity index (χ3v) is 3.50. The lowest BCUT2D eigenvalue weighted by atomic mass is 10.2. The SMILES string of the molecule is COc1ccc(/C=N/NC(=S)Nc2ccccc2)c(Cl)c1OC. The van der Waals surface area contributed by atoms with E-state index in [1.54, 1.807) is 25.5 Å². The number of thiocarbonyl (C=S) groups is 1. The van der Waals surface area contributed by atoms with Gasteiger partial charge in [-0.05, 0) is 36.5 Å². The van der Waals surface area contributed by atoms with Gasteiger partial charge in [0.05, 0.1) is 25.5 Å². The number of nitrogens with one attached hydrogen (secondary N) is 2. The van der Waals surface area contributed by atoms with E-state index < -0.39 is 0 Å². The van der Waals surface area contributed by atoms with E-state index in [1.807, 2.05) is 30.3 Å². The third kappa shape index (κ3) is 4.58. The van der Waals surface area contributed by atoms with Crippen LogP contribution in [0.3, 0.4) is 0 Å². The number of benzene rings is 2. The molecule has 120 valence electrons. The fourth-order valence-corrected chi connectivity index (χ4v) is 2.30. The maximum absolute atomic E-state index is 6.27. The van der Waals surface area contributed by atoms with Crippen LogP contribution in [0.5, 0.6) is 11.5 Å². The molecule has 0 atom stereocenters. The number of hydrogen-bond acceptors (Lipinski definition) is 4. The largest absolute Gasteiger partial charge is 0.493 e. The summed E-state index contributed by atoms with van der Waals surface area (Å²) in [5.74, 6) is 1.02. The minimum absolute atomic E-state index is 0.379. The van der Waals surface area contributed by atoms with Gasteiger partial charge in [0.1, 0.15) is 0 Å². The standard InChI is InChI=1S/C16H16ClN3O2S/c1-21-13-9-8-11(14(17)15(13)22-2)10-18-20-16(23)19-12-6-4-3-5-7-12/h3-10H,1-2H3,(H2,19,20,23)/b18-10+. The van der Waals surface area contributed by atoms with E-state index in [9.17, 15) is 0 Å². The molecule has 0 aliphatic rings. The summed E-state index contributed by atoms with van der Waals surface area (Å²) in [5.41, 5.74) is 4.29. The Hall–Kier alpha value is -2.31. The van der Waals surface area contributed by atoms with Crippen molar-refractivity contribution in [3.8, 4) is 11.5 Å². The van der Waals surface area contributed by atoms with E-state index in [4.69, 9.17) is 33.3 Å². The Labute approximate surface area is 145 Å². The number of rotatable bonds is 5. The lowest BCUT2D eigenvalue weighted by Crippen LogP contribution is -2.23. The fraction of sp³-hybridized carbons (Fsp3) is 0.125. The molecule has 0 aliphatic heterocycles. The molecule has 0 bridgehead atoms. The summed E-state index contributed by atoms with van der Waals surface area (Å²) < 4.78 is 10.4. The molecule has 0 saturated carbocycles. The highest BCUT2D eigenvalue weighted by Gasteiger charge is 2.11. The van der Waals surface area contributed by atoms with Crippen LogP contribution in [0.1, 0.15) is 5.56 Å². The average molecular weight is 350 g/mol. The predicted molar refractivity (Wildman–Crippen MR) is 97.9 cm³/mol. The van der Waals surface area contributed by atoms with Crippen LogP contribution < -0.4 is 20.2 Å². The van der Waals surface area contributed by atoms with Gasteiger partial charge in [-0.15, -0.1) is 0 Å². The van der Waals surface area contributed by atoms with Gasteiger partial charge in [0.25, 0.3) is 0 Å². The van der Waals surface area contributed by atoms with Gasteiger partial charge in [0, 0.05) is 11.3 Å². The molecule has 2 rings (SSSR count). The maximum Gasteiger partial charge on any atom is 0.191 e. The van der Waals surface area contributed by atoms with Crippen molar-refractivity contribution in [1.82, 2.24) is 5.43 Å². The second-order valence-corrected chi connectivity index (χ2v) is 5.18. The first-order valence-electron chi connectivity index (χ1n) is 6.71. The number of halogens is 1. The van der Waals surface area contributed by atoms with Gasteiger partial charge in [-0.3, -0.25) is 5.43 Å². The second kappa shape index (κ2) is 8.36. The Balaban J connectivity index is 2.02. The van der Waals surface area contributed by atoms with Crippen molar-refractivity contribution < 1.29 is 9.47 Å². The highest BCUT2D eigenvalue weighted by molar-refractivity contribution is 7.80. The van der Waals surface area contributed by atoms with Crippen molar-refractivity contribution in [3.63, 3.8) is 0 Å². The lowest BCUT2D eigenvalue weighted by molar-refractivity contribution is 0.355. The molecule has 2 N–H and O–H groups in total. The molecule has 7 heteroatoms. The Morgan fingerprint density at radius 1 is 1.13 bits per heavy atom. The summed E-state index contributed by atoms with van der Waals surface area (Å²) in [4.78, 5) is 0. The number of anilines is 1. The van der Waals surface area contributed by atoms with E-state index in [-0.39, 0.29) is 0 Å². The Morgan fingerprint density at radius 2 is 1.87 bits per heavy atom. The van der Waals surface area contributed by atoms with Crippen LogP contribution in [0.2, 0.25) is 5.02 Å². The quantitative estimate of drug-likeness (QED) is 0.490. The molecule has 0 amide bonds. The maximum atomic E-state index is 6.27. The zero-order valence-corrected chi connectivity index (χ0v) is 14.2. The molecule has 2 aromatic rings. The molecular weight excluding hydrogens is 334 g/mol. The molecule has 0 heterocycles. The van der Waals surface area contributed by atoms with Crippen LogP contribution in [0.15, 0.2) is 47.6 Å². The molecule has 2 aromatic carbocycles. The van der Waals surface area contributed by atoms with Gasteiger partial charge < -0.3 is 14.8 Å². The van der Waals surface area contributed by atoms with Crippen molar-refractivity contribution in [2.45, 2.75) is 0 Å². The predicted octanol–water partition coefficient (Wildman–Crippen LogP) is 3.68.